The first-order valence-corrected chi connectivity index (χ1v) is 8.12. The predicted molar refractivity (Wildman–Crippen MR) is 87.1 cm³/mol. The van der Waals surface area contributed by atoms with Crippen LogP contribution in [0.25, 0.3) is 0 Å². The molecule has 1 aliphatic rings. The third-order valence-corrected chi connectivity index (χ3v) is 4.84. The molecular weight excluding hydrogens is 328 g/mol. The summed E-state index contributed by atoms with van der Waals surface area (Å²) in [6.45, 7) is 0. The van der Waals surface area contributed by atoms with E-state index in [1.807, 2.05) is 42.1 Å². The van der Waals surface area contributed by atoms with E-state index < -0.39 is 0 Å². The molecule has 0 radical (unpaired) electrons. The molecule has 1 aromatic heterocycles. The minimum atomic E-state index is 0.00215. The average molecular weight is 347 g/mol. The Bertz CT molecular complexity index is 628. The fourth-order valence-corrected chi connectivity index (χ4v) is 3.09. The number of hydrogen-bond donors (Lipinski definition) is 1. The molecule has 1 N–H and O–H groups in total. The van der Waals surface area contributed by atoms with E-state index in [4.69, 9.17) is 0 Å². The van der Waals surface area contributed by atoms with E-state index in [-0.39, 0.29) is 11.9 Å². The van der Waals surface area contributed by atoms with Crippen LogP contribution in [0.5, 0.6) is 0 Å². The van der Waals surface area contributed by atoms with Crippen LogP contribution in [-0.4, -0.2) is 10.5 Å². The number of carbonyl (C=O) groups excluding carboxylic acids is 1. The van der Waals surface area contributed by atoms with E-state index >= 15 is 0 Å². The first kappa shape index (κ1) is 14.4. The first-order chi connectivity index (χ1) is 10.1. The van der Waals surface area contributed by atoms with Crippen molar-refractivity contribution >= 4 is 21.8 Å². The summed E-state index contributed by atoms with van der Waals surface area (Å²) in [7, 11) is 1.90. The van der Waals surface area contributed by atoms with Gasteiger partial charge in [-0.3, -0.25) is 4.79 Å². The van der Waals surface area contributed by atoms with Crippen LogP contribution in [-0.2, 0) is 7.05 Å². The zero-order valence-corrected chi connectivity index (χ0v) is 13.6. The van der Waals surface area contributed by atoms with Crippen LogP contribution in [0.2, 0.25) is 0 Å². The molecule has 1 unspecified atom stereocenters. The predicted octanol–water partition coefficient (Wildman–Crippen LogP) is 4.06. The topological polar surface area (TPSA) is 34.0 Å². The standard InChI is InChI=1S/C17H19BrN2O/c1-20-11-3-6-15(20)17(21)19-16(12-4-2-5-12)13-7-9-14(18)10-8-13/h3,6-12,16H,2,4-5H2,1H3,(H,19,21). The Hall–Kier alpha value is -1.55. The molecule has 1 amide bonds. The molecule has 110 valence electrons. The minimum absolute atomic E-state index is 0.00215. The van der Waals surface area contributed by atoms with Crippen molar-refractivity contribution in [1.29, 1.82) is 0 Å². The van der Waals surface area contributed by atoms with Gasteiger partial charge in [0.25, 0.3) is 5.91 Å². The van der Waals surface area contributed by atoms with Crippen molar-refractivity contribution in [1.82, 2.24) is 9.88 Å². The van der Waals surface area contributed by atoms with Crippen LogP contribution in [0.1, 0.15) is 41.4 Å². The Morgan fingerprint density at radius 3 is 2.52 bits per heavy atom. The van der Waals surface area contributed by atoms with Crippen LogP contribution in [0.15, 0.2) is 47.1 Å². The fourth-order valence-electron chi connectivity index (χ4n) is 2.83. The molecule has 1 aromatic carbocycles. The van der Waals surface area contributed by atoms with Crippen LogP contribution in [0, 0.1) is 5.92 Å². The van der Waals surface area contributed by atoms with Gasteiger partial charge in [-0.2, -0.15) is 0 Å². The molecule has 1 saturated carbocycles. The lowest BCUT2D eigenvalue weighted by Gasteiger charge is -2.34. The average Bonchev–Trinajstić information content (AvgIpc) is 2.83. The van der Waals surface area contributed by atoms with E-state index in [1.165, 1.54) is 24.8 Å². The smallest absolute Gasteiger partial charge is 0.268 e. The van der Waals surface area contributed by atoms with Crippen molar-refractivity contribution in [3.63, 3.8) is 0 Å². The maximum Gasteiger partial charge on any atom is 0.268 e. The van der Waals surface area contributed by atoms with Gasteiger partial charge in [0.15, 0.2) is 0 Å². The summed E-state index contributed by atoms with van der Waals surface area (Å²) in [5.74, 6) is 0.553. The SMILES string of the molecule is Cn1cccc1C(=O)NC(c1ccc(Br)cc1)C1CCC1. The Balaban J connectivity index is 1.81. The maximum absolute atomic E-state index is 12.5. The molecule has 0 aliphatic heterocycles. The van der Waals surface area contributed by atoms with Crippen molar-refractivity contribution in [3.05, 3.63) is 58.3 Å². The fraction of sp³-hybridized carbons (Fsp3) is 0.353. The second-order valence-corrected chi connectivity index (χ2v) is 6.61. The highest BCUT2D eigenvalue weighted by Gasteiger charge is 2.30. The molecule has 3 nitrogen and oxygen atoms in total. The number of rotatable bonds is 4. The summed E-state index contributed by atoms with van der Waals surface area (Å²) in [6, 6.07) is 12.1. The third-order valence-electron chi connectivity index (χ3n) is 4.31. The van der Waals surface area contributed by atoms with Gasteiger partial charge in [0.2, 0.25) is 0 Å². The summed E-state index contributed by atoms with van der Waals surface area (Å²) >= 11 is 3.46. The van der Waals surface area contributed by atoms with Crippen LogP contribution >= 0.6 is 15.9 Å². The molecule has 0 spiro atoms. The number of hydrogen-bond acceptors (Lipinski definition) is 1. The lowest BCUT2D eigenvalue weighted by molar-refractivity contribution is 0.0892. The zero-order chi connectivity index (χ0) is 14.8. The molecule has 2 aromatic rings. The van der Waals surface area contributed by atoms with Gasteiger partial charge >= 0.3 is 0 Å². The largest absolute Gasteiger partial charge is 0.347 e. The summed E-state index contributed by atoms with van der Waals surface area (Å²) < 4.78 is 2.92. The number of aryl methyl sites for hydroxylation is 1. The highest BCUT2D eigenvalue weighted by molar-refractivity contribution is 9.10. The minimum Gasteiger partial charge on any atom is -0.347 e. The van der Waals surface area contributed by atoms with Gasteiger partial charge in [0.05, 0.1) is 6.04 Å². The van der Waals surface area contributed by atoms with Crippen molar-refractivity contribution in [2.75, 3.05) is 0 Å². The first-order valence-electron chi connectivity index (χ1n) is 7.33. The lowest BCUT2D eigenvalue weighted by atomic mass is 9.77. The van der Waals surface area contributed by atoms with Gasteiger partial charge < -0.3 is 9.88 Å². The van der Waals surface area contributed by atoms with E-state index in [9.17, 15) is 4.79 Å². The number of nitrogens with one attached hydrogen (secondary N) is 1. The maximum atomic E-state index is 12.5. The van der Waals surface area contributed by atoms with E-state index in [1.54, 1.807) is 0 Å². The lowest BCUT2D eigenvalue weighted by Crippen LogP contribution is -2.36. The Morgan fingerprint density at radius 1 is 1.29 bits per heavy atom. The Morgan fingerprint density at radius 2 is 2.00 bits per heavy atom. The highest BCUT2D eigenvalue weighted by Crippen LogP contribution is 2.38. The van der Waals surface area contributed by atoms with Gasteiger partial charge in [0, 0.05) is 17.7 Å². The van der Waals surface area contributed by atoms with Gasteiger partial charge in [0.1, 0.15) is 5.69 Å². The van der Waals surface area contributed by atoms with Crippen molar-refractivity contribution in [2.45, 2.75) is 25.3 Å². The monoisotopic (exact) mass is 346 g/mol. The van der Waals surface area contributed by atoms with Crippen molar-refractivity contribution in [3.8, 4) is 0 Å². The number of aromatic nitrogens is 1. The molecule has 3 rings (SSSR count). The molecule has 0 bridgehead atoms. The normalized spacial score (nSPS) is 16.3. The number of amides is 1. The molecule has 1 aliphatic carbocycles. The summed E-state index contributed by atoms with van der Waals surface area (Å²) in [6.07, 6.45) is 5.53. The molecular formula is C17H19BrN2O. The van der Waals surface area contributed by atoms with Crippen LogP contribution in [0.4, 0.5) is 0 Å². The van der Waals surface area contributed by atoms with E-state index in [0.29, 0.717) is 11.6 Å². The second-order valence-electron chi connectivity index (χ2n) is 5.70. The molecule has 4 heteroatoms. The second kappa shape index (κ2) is 6.06. The molecule has 1 heterocycles. The Kier molecular flexibility index (Phi) is 4.15. The Labute approximate surface area is 133 Å². The highest BCUT2D eigenvalue weighted by atomic mass is 79.9. The van der Waals surface area contributed by atoms with Crippen LogP contribution in [0.3, 0.4) is 0 Å². The van der Waals surface area contributed by atoms with Gasteiger partial charge in [-0.25, -0.2) is 0 Å². The summed E-state index contributed by atoms with van der Waals surface area (Å²) in [4.78, 5) is 12.5. The van der Waals surface area contributed by atoms with Gasteiger partial charge in [-0.05, 0) is 48.6 Å². The molecule has 0 saturated heterocycles. The number of nitrogens with zero attached hydrogens (tertiary/aromatic N) is 1. The number of carbonyl (C=O) groups is 1. The van der Waals surface area contributed by atoms with E-state index in [0.717, 1.165) is 4.47 Å². The van der Waals surface area contributed by atoms with Crippen molar-refractivity contribution < 1.29 is 4.79 Å². The van der Waals surface area contributed by atoms with Crippen molar-refractivity contribution in [2.24, 2.45) is 13.0 Å². The number of halogens is 1. The summed E-state index contributed by atoms with van der Waals surface area (Å²) in [5.41, 5.74) is 1.89. The van der Waals surface area contributed by atoms with Gasteiger partial charge in [-0.15, -0.1) is 0 Å². The third kappa shape index (κ3) is 3.05. The summed E-state index contributed by atoms with van der Waals surface area (Å²) in [5, 5.41) is 3.22. The zero-order valence-electron chi connectivity index (χ0n) is 12.1. The molecule has 1 atom stereocenters. The van der Waals surface area contributed by atoms with Gasteiger partial charge in [-0.1, -0.05) is 34.5 Å². The van der Waals surface area contributed by atoms with E-state index in [2.05, 4.69) is 33.4 Å². The quantitative estimate of drug-likeness (QED) is 0.889. The van der Waals surface area contributed by atoms with Crippen LogP contribution < -0.4 is 5.32 Å². The molecule has 1 fully saturated rings. The molecule has 21 heavy (non-hydrogen) atoms. The number of benzene rings is 1.